The third-order valence-corrected chi connectivity index (χ3v) is 4.10. The number of carbonyl (C=O) groups is 2. The lowest BCUT2D eigenvalue weighted by atomic mass is 9.95. The molecule has 0 radical (unpaired) electrons. The molecular formula is C21H23N3O3. The summed E-state index contributed by atoms with van der Waals surface area (Å²) in [6.07, 6.45) is 3.10. The number of likely N-dealkylation sites (tertiary alicyclic amines) is 1. The first-order valence-corrected chi connectivity index (χ1v) is 8.84. The van der Waals surface area contributed by atoms with Gasteiger partial charge in [-0.3, -0.25) is 9.59 Å². The second-order valence-electron chi connectivity index (χ2n) is 7.65. The highest BCUT2D eigenvalue weighted by Gasteiger charge is 2.30. The van der Waals surface area contributed by atoms with Gasteiger partial charge < -0.3 is 9.64 Å². The Morgan fingerprint density at radius 3 is 2.41 bits per heavy atom. The standard InChI is InChI=1S/C21H23N3O3/c1-14(25)10-15-12-24(13-15)19(26)17-11-22-20(21(2,3)4)23-18(17)27-16-8-6-5-7-9-16/h5-11H,12-13H2,1-4H3. The molecule has 0 N–H and O–H groups in total. The molecule has 1 fully saturated rings. The maximum atomic E-state index is 12.9. The predicted octanol–water partition coefficient (Wildman–Crippen LogP) is 3.54. The van der Waals surface area contributed by atoms with Gasteiger partial charge >= 0.3 is 0 Å². The summed E-state index contributed by atoms with van der Waals surface area (Å²) in [6.45, 7) is 8.38. The molecule has 1 aromatic heterocycles. The van der Waals surface area contributed by atoms with Crippen LogP contribution in [-0.4, -0.2) is 39.6 Å². The topological polar surface area (TPSA) is 72.4 Å². The van der Waals surface area contributed by atoms with Crippen LogP contribution in [0.4, 0.5) is 0 Å². The zero-order valence-corrected chi connectivity index (χ0v) is 16.0. The lowest BCUT2D eigenvalue weighted by molar-refractivity contribution is -0.112. The van der Waals surface area contributed by atoms with Crippen LogP contribution in [0.1, 0.15) is 43.9 Å². The van der Waals surface area contributed by atoms with Crippen molar-refractivity contribution in [3.05, 3.63) is 59.6 Å². The molecule has 0 bridgehead atoms. The minimum Gasteiger partial charge on any atom is -0.438 e. The molecule has 3 rings (SSSR count). The molecule has 0 saturated carbocycles. The Bertz CT molecular complexity index is 891. The first-order chi connectivity index (χ1) is 12.7. The fraction of sp³-hybridized carbons (Fsp3) is 0.333. The predicted molar refractivity (Wildman–Crippen MR) is 102 cm³/mol. The van der Waals surface area contributed by atoms with E-state index in [1.165, 1.54) is 13.1 Å². The second kappa shape index (κ2) is 7.31. The van der Waals surface area contributed by atoms with Crippen LogP contribution >= 0.6 is 0 Å². The Kier molecular flexibility index (Phi) is 5.08. The van der Waals surface area contributed by atoms with Crippen LogP contribution in [-0.2, 0) is 10.2 Å². The summed E-state index contributed by atoms with van der Waals surface area (Å²) in [5.74, 6) is 1.23. The minimum absolute atomic E-state index is 0.0111. The number of ketones is 1. The minimum atomic E-state index is -0.273. The van der Waals surface area contributed by atoms with Crippen molar-refractivity contribution in [2.45, 2.75) is 33.1 Å². The summed E-state index contributed by atoms with van der Waals surface area (Å²) < 4.78 is 5.91. The van der Waals surface area contributed by atoms with E-state index in [1.807, 2.05) is 51.1 Å². The van der Waals surface area contributed by atoms with Crippen molar-refractivity contribution in [3.8, 4) is 11.6 Å². The van der Waals surface area contributed by atoms with E-state index in [0.717, 1.165) is 5.57 Å². The van der Waals surface area contributed by atoms with Crippen LogP contribution in [0.3, 0.4) is 0 Å². The van der Waals surface area contributed by atoms with E-state index >= 15 is 0 Å². The summed E-state index contributed by atoms with van der Waals surface area (Å²) >= 11 is 0. The molecule has 1 aliphatic rings. The van der Waals surface area contributed by atoms with Gasteiger partial charge in [-0.25, -0.2) is 4.98 Å². The molecule has 6 heteroatoms. The number of hydrogen-bond donors (Lipinski definition) is 0. The maximum absolute atomic E-state index is 12.9. The van der Waals surface area contributed by atoms with Crippen molar-refractivity contribution in [3.63, 3.8) is 0 Å². The number of amides is 1. The van der Waals surface area contributed by atoms with Gasteiger partial charge in [-0.2, -0.15) is 4.98 Å². The van der Waals surface area contributed by atoms with Gasteiger partial charge in [0.2, 0.25) is 5.88 Å². The number of rotatable bonds is 4. The molecule has 0 aliphatic carbocycles. The van der Waals surface area contributed by atoms with Crippen LogP contribution in [0, 0.1) is 0 Å². The van der Waals surface area contributed by atoms with E-state index in [9.17, 15) is 9.59 Å². The highest BCUT2D eigenvalue weighted by Crippen LogP contribution is 2.29. The molecular weight excluding hydrogens is 342 g/mol. The fourth-order valence-electron chi connectivity index (χ4n) is 2.69. The fourth-order valence-corrected chi connectivity index (χ4v) is 2.69. The van der Waals surface area contributed by atoms with Crippen LogP contribution in [0.5, 0.6) is 11.6 Å². The smallest absolute Gasteiger partial charge is 0.261 e. The summed E-state index contributed by atoms with van der Waals surface area (Å²) in [6, 6.07) is 9.23. The number of hydrogen-bond acceptors (Lipinski definition) is 5. The van der Waals surface area contributed by atoms with Crippen LogP contribution in [0.15, 0.2) is 48.2 Å². The maximum Gasteiger partial charge on any atom is 0.261 e. The lowest BCUT2D eigenvalue weighted by Crippen LogP contribution is -2.45. The highest BCUT2D eigenvalue weighted by atomic mass is 16.5. The van der Waals surface area contributed by atoms with E-state index in [-0.39, 0.29) is 23.0 Å². The van der Waals surface area contributed by atoms with E-state index in [0.29, 0.717) is 30.2 Å². The molecule has 1 amide bonds. The van der Waals surface area contributed by atoms with Crippen molar-refractivity contribution in [1.82, 2.24) is 14.9 Å². The van der Waals surface area contributed by atoms with Crippen molar-refractivity contribution in [1.29, 1.82) is 0 Å². The molecule has 0 unspecified atom stereocenters. The number of allylic oxidation sites excluding steroid dienone is 1. The molecule has 140 valence electrons. The third kappa shape index (κ3) is 4.39. The number of benzene rings is 1. The van der Waals surface area contributed by atoms with Gasteiger partial charge in [0.15, 0.2) is 5.78 Å². The van der Waals surface area contributed by atoms with E-state index < -0.39 is 0 Å². The largest absolute Gasteiger partial charge is 0.438 e. The Labute approximate surface area is 158 Å². The molecule has 2 aromatic rings. The summed E-state index contributed by atoms with van der Waals surface area (Å²) in [4.78, 5) is 34.6. The number of para-hydroxylation sites is 1. The summed E-state index contributed by atoms with van der Waals surface area (Å²) in [5.41, 5.74) is 0.979. The van der Waals surface area contributed by atoms with Gasteiger partial charge in [0, 0.05) is 24.7 Å². The van der Waals surface area contributed by atoms with E-state index in [2.05, 4.69) is 9.97 Å². The lowest BCUT2D eigenvalue weighted by Gasteiger charge is -2.34. The summed E-state index contributed by atoms with van der Waals surface area (Å²) in [5, 5.41) is 0. The van der Waals surface area contributed by atoms with Gasteiger partial charge in [0.1, 0.15) is 17.1 Å². The van der Waals surface area contributed by atoms with E-state index in [1.54, 1.807) is 11.0 Å². The van der Waals surface area contributed by atoms with Crippen molar-refractivity contribution in [2.24, 2.45) is 0 Å². The molecule has 2 heterocycles. The Balaban J connectivity index is 1.90. The van der Waals surface area contributed by atoms with Gasteiger partial charge in [-0.1, -0.05) is 39.0 Å². The SMILES string of the molecule is CC(=O)C=C1CN(C(=O)c2cnc(C(C)(C)C)nc2Oc2ccccc2)C1. The van der Waals surface area contributed by atoms with Crippen molar-refractivity contribution >= 4 is 11.7 Å². The molecule has 1 saturated heterocycles. The average Bonchev–Trinajstić information content (AvgIpc) is 2.57. The monoisotopic (exact) mass is 365 g/mol. The number of ether oxygens (including phenoxy) is 1. The number of aromatic nitrogens is 2. The first-order valence-electron chi connectivity index (χ1n) is 8.84. The summed E-state index contributed by atoms with van der Waals surface area (Å²) in [7, 11) is 0. The Morgan fingerprint density at radius 1 is 1.15 bits per heavy atom. The van der Waals surface area contributed by atoms with Crippen LogP contribution in [0.25, 0.3) is 0 Å². The quantitative estimate of drug-likeness (QED) is 0.775. The second-order valence-corrected chi connectivity index (χ2v) is 7.65. The van der Waals surface area contributed by atoms with Gasteiger partial charge in [0.05, 0.1) is 0 Å². The first kappa shape index (κ1) is 18.8. The molecule has 27 heavy (non-hydrogen) atoms. The average molecular weight is 365 g/mol. The molecule has 1 aromatic carbocycles. The van der Waals surface area contributed by atoms with Crippen molar-refractivity contribution < 1.29 is 14.3 Å². The number of nitrogens with zero attached hydrogens (tertiary/aromatic N) is 3. The van der Waals surface area contributed by atoms with Crippen LogP contribution < -0.4 is 4.74 Å². The Hall–Kier alpha value is -3.02. The number of carbonyl (C=O) groups excluding carboxylic acids is 2. The normalized spacial score (nSPS) is 13.8. The van der Waals surface area contributed by atoms with Gasteiger partial charge in [-0.15, -0.1) is 0 Å². The molecule has 0 atom stereocenters. The molecule has 1 aliphatic heterocycles. The molecule has 6 nitrogen and oxygen atoms in total. The van der Waals surface area contributed by atoms with Gasteiger partial charge in [0.25, 0.3) is 5.91 Å². The Morgan fingerprint density at radius 2 is 1.81 bits per heavy atom. The molecule has 0 spiro atoms. The third-order valence-electron chi connectivity index (χ3n) is 4.10. The zero-order valence-electron chi connectivity index (χ0n) is 16.0. The highest BCUT2D eigenvalue weighted by molar-refractivity contribution is 5.98. The van der Waals surface area contributed by atoms with E-state index in [4.69, 9.17) is 4.74 Å². The van der Waals surface area contributed by atoms with Gasteiger partial charge in [-0.05, 0) is 30.7 Å². The van der Waals surface area contributed by atoms with Crippen LogP contribution in [0.2, 0.25) is 0 Å². The zero-order chi connectivity index (χ0) is 19.6. The van der Waals surface area contributed by atoms with Crippen molar-refractivity contribution in [2.75, 3.05) is 13.1 Å².